The van der Waals surface area contributed by atoms with E-state index in [2.05, 4.69) is 109 Å². The zero-order valence-corrected chi connectivity index (χ0v) is 15.3. The molecule has 0 amide bonds. The molecule has 1 heteroatoms. The van der Waals surface area contributed by atoms with Crippen LogP contribution in [0.3, 0.4) is 0 Å². The van der Waals surface area contributed by atoms with Crippen molar-refractivity contribution in [2.45, 2.75) is 6.92 Å². The van der Waals surface area contributed by atoms with Gasteiger partial charge in [-0.1, -0.05) is 90.5 Å². The summed E-state index contributed by atoms with van der Waals surface area (Å²) in [5.74, 6) is 0. The lowest BCUT2D eigenvalue weighted by Gasteiger charge is -2.18. The minimum Gasteiger partial charge on any atom is -0.265 e. The molecular formula is C26H21N. The van der Waals surface area contributed by atoms with Gasteiger partial charge in [0, 0.05) is 12.4 Å². The standard InChI is InChI=1S/C26H21N/c1-20-12-14-23(15-13-20)25(21-8-4-2-5-9-21)26(22-10-6-3-7-11-22)24-16-18-27-19-17-24/h2-19H,1H3. The molecule has 3 aromatic carbocycles. The SMILES string of the molecule is Cc1ccc(C(=C(c2ccccc2)c2ccncc2)c2ccccc2)cc1. The average Bonchev–Trinajstić information content (AvgIpc) is 2.75. The number of pyridine rings is 1. The van der Waals surface area contributed by atoms with Crippen molar-refractivity contribution in [3.8, 4) is 0 Å². The maximum Gasteiger partial charge on any atom is 0.0273 e. The summed E-state index contributed by atoms with van der Waals surface area (Å²) in [6.07, 6.45) is 3.71. The number of aryl methyl sites for hydroxylation is 1. The van der Waals surface area contributed by atoms with E-state index in [9.17, 15) is 0 Å². The van der Waals surface area contributed by atoms with Gasteiger partial charge in [-0.25, -0.2) is 0 Å². The van der Waals surface area contributed by atoms with Gasteiger partial charge in [-0.3, -0.25) is 4.98 Å². The van der Waals surface area contributed by atoms with Crippen LogP contribution in [0.4, 0.5) is 0 Å². The van der Waals surface area contributed by atoms with Gasteiger partial charge in [-0.15, -0.1) is 0 Å². The van der Waals surface area contributed by atoms with Gasteiger partial charge in [0.05, 0.1) is 0 Å². The van der Waals surface area contributed by atoms with E-state index in [1.54, 1.807) is 0 Å². The van der Waals surface area contributed by atoms with Gasteiger partial charge in [0.15, 0.2) is 0 Å². The number of rotatable bonds is 4. The Bertz CT molecular complexity index is 990. The van der Waals surface area contributed by atoms with E-state index in [-0.39, 0.29) is 0 Å². The summed E-state index contributed by atoms with van der Waals surface area (Å²) in [7, 11) is 0. The van der Waals surface area contributed by atoms with Crippen molar-refractivity contribution in [2.24, 2.45) is 0 Å². The molecule has 130 valence electrons. The van der Waals surface area contributed by atoms with Gasteiger partial charge in [0.25, 0.3) is 0 Å². The highest BCUT2D eigenvalue weighted by atomic mass is 14.6. The van der Waals surface area contributed by atoms with Crippen molar-refractivity contribution in [1.29, 1.82) is 0 Å². The van der Waals surface area contributed by atoms with E-state index in [0.29, 0.717) is 0 Å². The average molecular weight is 347 g/mol. The predicted octanol–water partition coefficient (Wildman–Crippen LogP) is 6.40. The second-order valence-electron chi connectivity index (χ2n) is 6.58. The van der Waals surface area contributed by atoms with Gasteiger partial charge in [-0.05, 0) is 52.5 Å². The normalized spacial score (nSPS) is 11.7. The van der Waals surface area contributed by atoms with Crippen LogP contribution in [0.2, 0.25) is 0 Å². The summed E-state index contributed by atoms with van der Waals surface area (Å²) >= 11 is 0. The first-order valence-corrected chi connectivity index (χ1v) is 9.15. The maximum absolute atomic E-state index is 4.22. The molecule has 0 bridgehead atoms. The Morgan fingerprint density at radius 1 is 0.481 bits per heavy atom. The highest BCUT2D eigenvalue weighted by Crippen LogP contribution is 2.36. The molecule has 0 aliphatic rings. The summed E-state index contributed by atoms with van der Waals surface area (Å²) in [5, 5.41) is 0. The van der Waals surface area contributed by atoms with Crippen molar-refractivity contribution in [3.05, 3.63) is 137 Å². The van der Waals surface area contributed by atoms with Gasteiger partial charge in [-0.2, -0.15) is 0 Å². The zero-order chi connectivity index (χ0) is 18.5. The molecule has 0 radical (unpaired) electrons. The van der Waals surface area contributed by atoms with Gasteiger partial charge in [0.2, 0.25) is 0 Å². The molecule has 27 heavy (non-hydrogen) atoms. The van der Waals surface area contributed by atoms with E-state index in [1.165, 1.54) is 33.4 Å². The van der Waals surface area contributed by atoms with Crippen LogP contribution < -0.4 is 0 Å². The first-order chi connectivity index (χ1) is 13.3. The molecule has 0 atom stereocenters. The maximum atomic E-state index is 4.22. The Labute approximate surface area is 160 Å². The Kier molecular flexibility index (Phi) is 4.93. The molecule has 1 nitrogen and oxygen atoms in total. The lowest BCUT2D eigenvalue weighted by atomic mass is 9.86. The molecule has 0 saturated carbocycles. The van der Waals surface area contributed by atoms with Crippen molar-refractivity contribution in [2.75, 3.05) is 0 Å². The van der Waals surface area contributed by atoms with Crippen LogP contribution in [-0.2, 0) is 0 Å². The van der Waals surface area contributed by atoms with E-state index < -0.39 is 0 Å². The van der Waals surface area contributed by atoms with Crippen LogP contribution in [-0.4, -0.2) is 4.98 Å². The molecular weight excluding hydrogens is 326 g/mol. The molecule has 4 rings (SSSR count). The Hall–Kier alpha value is -3.45. The minimum atomic E-state index is 1.16. The fraction of sp³-hybridized carbons (Fsp3) is 0.0385. The van der Waals surface area contributed by atoms with Gasteiger partial charge >= 0.3 is 0 Å². The van der Waals surface area contributed by atoms with Gasteiger partial charge in [0.1, 0.15) is 0 Å². The van der Waals surface area contributed by atoms with Gasteiger partial charge < -0.3 is 0 Å². The quantitative estimate of drug-likeness (QED) is 0.389. The highest BCUT2D eigenvalue weighted by Gasteiger charge is 2.15. The largest absolute Gasteiger partial charge is 0.265 e. The third kappa shape index (κ3) is 3.73. The minimum absolute atomic E-state index is 1.16. The molecule has 0 fully saturated rings. The topological polar surface area (TPSA) is 12.9 Å². The molecule has 0 spiro atoms. The number of hydrogen-bond donors (Lipinski definition) is 0. The van der Waals surface area contributed by atoms with Crippen molar-refractivity contribution < 1.29 is 0 Å². The van der Waals surface area contributed by atoms with Crippen molar-refractivity contribution >= 4 is 11.1 Å². The van der Waals surface area contributed by atoms with E-state index in [1.807, 2.05) is 12.4 Å². The fourth-order valence-corrected chi connectivity index (χ4v) is 3.36. The number of aromatic nitrogens is 1. The Morgan fingerprint density at radius 2 is 0.889 bits per heavy atom. The molecule has 4 aromatic rings. The fourth-order valence-electron chi connectivity index (χ4n) is 3.36. The Balaban J connectivity index is 2.08. The number of hydrogen-bond acceptors (Lipinski definition) is 1. The van der Waals surface area contributed by atoms with Crippen LogP contribution in [0.5, 0.6) is 0 Å². The van der Waals surface area contributed by atoms with Crippen molar-refractivity contribution in [1.82, 2.24) is 4.98 Å². The summed E-state index contributed by atoms with van der Waals surface area (Å²) < 4.78 is 0. The second kappa shape index (κ2) is 7.84. The van der Waals surface area contributed by atoms with Crippen LogP contribution in [0, 0.1) is 6.92 Å². The lowest BCUT2D eigenvalue weighted by molar-refractivity contribution is 1.31. The third-order valence-corrected chi connectivity index (χ3v) is 4.68. The lowest BCUT2D eigenvalue weighted by Crippen LogP contribution is -1.97. The summed E-state index contributed by atoms with van der Waals surface area (Å²) in [4.78, 5) is 4.22. The van der Waals surface area contributed by atoms with E-state index in [4.69, 9.17) is 0 Å². The summed E-state index contributed by atoms with van der Waals surface area (Å²) in [5.41, 5.74) is 8.48. The summed E-state index contributed by atoms with van der Waals surface area (Å²) in [6.45, 7) is 2.12. The molecule has 0 aliphatic heterocycles. The van der Waals surface area contributed by atoms with Crippen molar-refractivity contribution in [3.63, 3.8) is 0 Å². The van der Waals surface area contributed by atoms with E-state index in [0.717, 1.165) is 5.56 Å². The zero-order valence-electron chi connectivity index (χ0n) is 15.3. The molecule has 1 heterocycles. The smallest absolute Gasteiger partial charge is 0.0273 e. The third-order valence-electron chi connectivity index (χ3n) is 4.68. The van der Waals surface area contributed by atoms with Crippen LogP contribution in [0.25, 0.3) is 11.1 Å². The predicted molar refractivity (Wildman–Crippen MR) is 113 cm³/mol. The second-order valence-corrected chi connectivity index (χ2v) is 6.58. The highest BCUT2D eigenvalue weighted by molar-refractivity contribution is 6.04. The molecule has 0 unspecified atom stereocenters. The molecule has 0 aliphatic carbocycles. The van der Waals surface area contributed by atoms with Crippen LogP contribution in [0.1, 0.15) is 27.8 Å². The van der Waals surface area contributed by atoms with Crippen LogP contribution >= 0.6 is 0 Å². The molecule has 1 aromatic heterocycles. The summed E-state index contributed by atoms with van der Waals surface area (Å²) in [6, 6.07) is 34.1. The van der Waals surface area contributed by atoms with Crippen LogP contribution in [0.15, 0.2) is 109 Å². The molecule has 0 saturated heterocycles. The Morgan fingerprint density at radius 3 is 1.37 bits per heavy atom. The number of nitrogens with zero attached hydrogens (tertiary/aromatic N) is 1. The molecule has 0 N–H and O–H groups in total. The number of benzene rings is 3. The first kappa shape index (κ1) is 17.0. The van der Waals surface area contributed by atoms with E-state index >= 15 is 0 Å². The monoisotopic (exact) mass is 347 g/mol. The first-order valence-electron chi connectivity index (χ1n) is 9.15.